The number of nitrogens with zero attached hydrogens (tertiary/aromatic N) is 1. The fourth-order valence-electron chi connectivity index (χ4n) is 7.55. The summed E-state index contributed by atoms with van der Waals surface area (Å²) in [6, 6.07) is -0.870. The number of quaternary nitrogens is 1. The van der Waals surface area contributed by atoms with E-state index in [0.29, 0.717) is 17.4 Å². The average Bonchev–Trinajstić information content (AvgIpc) is 3.29. The molecular formula is C58H106N2O6P+. The number of amides is 1. The Labute approximate surface area is 414 Å². The van der Waals surface area contributed by atoms with Crippen molar-refractivity contribution in [2.75, 3.05) is 40.9 Å². The van der Waals surface area contributed by atoms with Crippen LogP contribution >= 0.6 is 7.82 Å². The van der Waals surface area contributed by atoms with Crippen molar-refractivity contribution in [2.45, 2.75) is 238 Å². The van der Waals surface area contributed by atoms with Gasteiger partial charge < -0.3 is 19.8 Å². The topological polar surface area (TPSA) is 105 Å². The average molecular weight is 958 g/mol. The molecule has 8 nitrogen and oxygen atoms in total. The summed E-state index contributed by atoms with van der Waals surface area (Å²) < 4.78 is 23.7. The minimum absolute atomic E-state index is 0.0521. The lowest BCUT2D eigenvalue weighted by Crippen LogP contribution is -2.45. The van der Waals surface area contributed by atoms with Crippen molar-refractivity contribution in [3.8, 4) is 0 Å². The molecule has 0 aliphatic heterocycles. The Morgan fingerprint density at radius 3 is 1.37 bits per heavy atom. The number of hydrogen-bond donors (Lipinski definition) is 3. The fraction of sp³-hybridized carbons (Fsp3) is 0.741. The summed E-state index contributed by atoms with van der Waals surface area (Å²) in [5.41, 5.74) is 0. The first-order chi connectivity index (χ1) is 32.5. The maximum absolute atomic E-state index is 13.0. The van der Waals surface area contributed by atoms with Crippen molar-refractivity contribution >= 4 is 13.7 Å². The van der Waals surface area contributed by atoms with Gasteiger partial charge in [0.2, 0.25) is 5.91 Å². The third-order valence-electron chi connectivity index (χ3n) is 11.8. The quantitative estimate of drug-likeness (QED) is 0.0243. The molecule has 0 saturated carbocycles. The molecule has 0 radical (unpaired) electrons. The summed E-state index contributed by atoms with van der Waals surface area (Å²) in [6.07, 6.45) is 68.2. The maximum atomic E-state index is 13.0. The van der Waals surface area contributed by atoms with Gasteiger partial charge in [0.15, 0.2) is 0 Å². The summed E-state index contributed by atoms with van der Waals surface area (Å²) in [4.78, 5) is 23.3. The van der Waals surface area contributed by atoms with Gasteiger partial charge in [-0.05, 0) is 77.0 Å². The lowest BCUT2D eigenvalue weighted by Gasteiger charge is -2.25. The van der Waals surface area contributed by atoms with Crippen LogP contribution in [0, 0.1) is 0 Å². The van der Waals surface area contributed by atoms with Crippen molar-refractivity contribution in [2.24, 2.45) is 0 Å². The molecule has 0 fully saturated rings. The molecule has 0 spiro atoms. The molecule has 3 unspecified atom stereocenters. The van der Waals surface area contributed by atoms with Crippen molar-refractivity contribution in [3.05, 3.63) is 85.1 Å². The smallest absolute Gasteiger partial charge is 0.387 e. The third-order valence-corrected chi connectivity index (χ3v) is 12.8. The molecule has 0 saturated heterocycles. The number of aliphatic hydroxyl groups excluding tert-OH is 1. The predicted molar refractivity (Wildman–Crippen MR) is 290 cm³/mol. The Bertz CT molecular complexity index is 1360. The van der Waals surface area contributed by atoms with Gasteiger partial charge in [-0.3, -0.25) is 13.8 Å². The maximum Gasteiger partial charge on any atom is 0.472 e. The van der Waals surface area contributed by atoms with E-state index in [-0.39, 0.29) is 19.1 Å². The normalized spacial score (nSPS) is 14.7. The highest BCUT2D eigenvalue weighted by molar-refractivity contribution is 7.47. The number of carbonyl (C=O) groups is 1. The second-order valence-corrected chi connectivity index (χ2v) is 21.0. The van der Waals surface area contributed by atoms with Crippen LogP contribution in [0.5, 0.6) is 0 Å². The first-order valence-corrected chi connectivity index (χ1v) is 29.0. The highest BCUT2D eigenvalue weighted by atomic mass is 31.2. The van der Waals surface area contributed by atoms with Gasteiger partial charge in [0.25, 0.3) is 0 Å². The lowest BCUT2D eigenvalue weighted by atomic mass is 10.0. The zero-order valence-corrected chi connectivity index (χ0v) is 45.0. The molecule has 0 aromatic rings. The number of unbranched alkanes of at least 4 members (excludes halogenated alkanes) is 24. The molecule has 3 atom stereocenters. The van der Waals surface area contributed by atoms with Crippen LogP contribution in [0.15, 0.2) is 85.1 Å². The Balaban J connectivity index is 4.28. The number of nitrogens with one attached hydrogen (secondary N) is 1. The van der Waals surface area contributed by atoms with E-state index >= 15 is 0 Å². The minimum atomic E-state index is -4.36. The van der Waals surface area contributed by atoms with Gasteiger partial charge in [-0.25, -0.2) is 4.57 Å². The van der Waals surface area contributed by atoms with Gasteiger partial charge in [0.05, 0.1) is 39.9 Å². The minimum Gasteiger partial charge on any atom is -0.387 e. The predicted octanol–water partition coefficient (Wildman–Crippen LogP) is 16.5. The van der Waals surface area contributed by atoms with E-state index in [1.54, 1.807) is 6.08 Å². The fourth-order valence-corrected chi connectivity index (χ4v) is 8.29. The van der Waals surface area contributed by atoms with Crippen LogP contribution in [-0.4, -0.2) is 73.4 Å². The Kier molecular flexibility index (Phi) is 47.0. The van der Waals surface area contributed by atoms with E-state index in [9.17, 15) is 19.4 Å². The summed E-state index contributed by atoms with van der Waals surface area (Å²) in [7, 11) is 1.54. The van der Waals surface area contributed by atoms with Crippen LogP contribution in [0.3, 0.4) is 0 Å². The largest absolute Gasteiger partial charge is 0.472 e. The number of allylic oxidation sites excluding steroid dienone is 13. The number of hydrogen-bond acceptors (Lipinski definition) is 5. The molecule has 0 aliphatic rings. The van der Waals surface area contributed by atoms with E-state index in [1.165, 1.54) is 135 Å². The van der Waals surface area contributed by atoms with Gasteiger partial charge in [-0.2, -0.15) is 0 Å². The van der Waals surface area contributed by atoms with Crippen LogP contribution in [0.25, 0.3) is 0 Å². The first kappa shape index (κ1) is 64.7. The van der Waals surface area contributed by atoms with Crippen LogP contribution in [-0.2, 0) is 18.4 Å². The van der Waals surface area contributed by atoms with Crippen LogP contribution in [0.2, 0.25) is 0 Å². The first-order valence-electron chi connectivity index (χ1n) is 27.5. The highest BCUT2D eigenvalue weighted by Gasteiger charge is 2.27. The number of phosphoric ester groups is 1. The number of carbonyl (C=O) groups excluding carboxylic acids is 1. The van der Waals surface area contributed by atoms with Crippen LogP contribution < -0.4 is 5.32 Å². The third kappa shape index (κ3) is 51.4. The molecule has 1 amide bonds. The summed E-state index contributed by atoms with van der Waals surface area (Å²) in [6.45, 7) is 4.68. The van der Waals surface area contributed by atoms with Gasteiger partial charge in [0.1, 0.15) is 13.2 Å². The summed E-state index contributed by atoms with van der Waals surface area (Å²) >= 11 is 0. The Morgan fingerprint density at radius 1 is 0.522 bits per heavy atom. The molecule has 0 aromatic carbocycles. The van der Waals surface area contributed by atoms with Gasteiger partial charge in [-0.15, -0.1) is 0 Å². The summed E-state index contributed by atoms with van der Waals surface area (Å²) in [5, 5.41) is 13.9. The molecular weight excluding hydrogens is 852 g/mol. The van der Waals surface area contributed by atoms with E-state index in [4.69, 9.17) is 9.05 Å². The molecule has 0 aromatic heterocycles. The molecule has 9 heteroatoms. The molecule has 0 aliphatic carbocycles. The number of phosphoric acid groups is 1. The van der Waals surface area contributed by atoms with E-state index in [1.807, 2.05) is 27.2 Å². The van der Waals surface area contributed by atoms with Gasteiger partial charge in [0, 0.05) is 6.42 Å². The molecule has 67 heavy (non-hydrogen) atoms. The highest BCUT2D eigenvalue weighted by Crippen LogP contribution is 2.43. The molecule has 0 heterocycles. The molecule has 388 valence electrons. The van der Waals surface area contributed by atoms with Crippen molar-refractivity contribution < 1.29 is 32.9 Å². The Morgan fingerprint density at radius 2 is 0.910 bits per heavy atom. The zero-order chi connectivity index (χ0) is 49.2. The lowest BCUT2D eigenvalue weighted by molar-refractivity contribution is -0.870. The number of rotatable bonds is 49. The molecule has 3 N–H and O–H groups in total. The monoisotopic (exact) mass is 958 g/mol. The van der Waals surface area contributed by atoms with Crippen molar-refractivity contribution in [1.29, 1.82) is 0 Å². The van der Waals surface area contributed by atoms with Gasteiger partial charge >= 0.3 is 7.82 Å². The van der Waals surface area contributed by atoms with E-state index < -0.39 is 20.0 Å². The van der Waals surface area contributed by atoms with Crippen molar-refractivity contribution in [3.63, 3.8) is 0 Å². The second-order valence-electron chi connectivity index (χ2n) is 19.6. The van der Waals surface area contributed by atoms with E-state index in [0.717, 1.165) is 70.6 Å². The SMILES string of the molecule is CC/C=C\C/C=C\C/C=C\C/C=C\C/C=C\CCCCCCCCCCCCCC(=O)NC(COP(=O)(O)OCC[N+](C)(C)C)C(O)/C=C/CC/C=C/CCCCCCCCCCCCCC. The zero-order valence-electron chi connectivity index (χ0n) is 44.1. The number of aliphatic hydroxyl groups is 1. The molecule has 0 bridgehead atoms. The summed E-state index contributed by atoms with van der Waals surface area (Å²) in [5.74, 6) is -0.193. The van der Waals surface area contributed by atoms with Crippen LogP contribution in [0.1, 0.15) is 226 Å². The number of likely N-dealkylation sites (N-methyl/N-ethyl adjacent to an activating group) is 1. The standard InChI is InChI=1S/C58H105N2O6P/c1-6-8-10-12-14-16-18-20-22-24-26-27-28-29-30-31-32-33-34-36-38-40-42-44-46-48-50-52-58(62)59-56(55-66-67(63,64)65-54-53-60(3,4)5)57(61)51-49-47-45-43-41-39-37-35-25-23-21-19-17-15-13-11-9-7-2/h8,10,14,16,20,22,26-27,29-30,41,43,49,51,56-57,61H,6-7,9,11-13,15,17-19,21,23-25,28,31-40,42,44-48,50,52-55H2,1-5H3,(H-,59,62,63,64)/p+1/b10-8-,16-14-,22-20-,27-26-,30-29-,43-41+,51-49+. The second kappa shape index (κ2) is 48.7. The van der Waals surface area contributed by atoms with E-state index in [2.05, 4.69) is 92.1 Å². The molecule has 0 rings (SSSR count). The van der Waals surface area contributed by atoms with Crippen molar-refractivity contribution in [1.82, 2.24) is 5.32 Å². The van der Waals surface area contributed by atoms with Crippen LogP contribution in [0.4, 0.5) is 0 Å². The Hall–Kier alpha value is -2.32. The van der Waals surface area contributed by atoms with Gasteiger partial charge in [-0.1, -0.05) is 227 Å².